The van der Waals surface area contributed by atoms with Gasteiger partial charge in [0.05, 0.1) is 22.2 Å². The Morgan fingerprint density at radius 2 is 1.82 bits per heavy atom. The molecule has 1 aliphatic heterocycles. The van der Waals surface area contributed by atoms with Gasteiger partial charge >= 0.3 is 0 Å². The lowest BCUT2D eigenvalue weighted by Gasteiger charge is -2.21. The topological polar surface area (TPSA) is 116 Å². The van der Waals surface area contributed by atoms with E-state index in [4.69, 9.17) is 0 Å². The van der Waals surface area contributed by atoms with Gasteiger partial charge in [0, 0.05) is 11.5 Å². The van der Waals surface area contributed by atoms with E-state index in [1.165, 1.54) is 6.26 Å². The maximum absolute atomic E-state index is 11.6. The Bertz CT molecular complexity index is 1180. The number of aromatic nitrogens is 4. The third kappa shape index (κ3) is 6.99. The van der Waals surface area contributed by atoms with Crippen LogP contribution >= 0.6 is 11.8 Å². The summed E-state index contributed by atoms with van der Waals surface area (Å²) in [5.74, 6) is 0. The van der Waals surface area contributed by atoms with Crippen LogP contribution in [0, 0.1) is 0 Å². The molecule has 0 spiro atoms. The Morgan fingerprint density at radius 3 is 2.36 bits per heavy atom. The van der Waals surface area contributed by atoms with Crippen molar-refractivity contribution in [3.05, 3.63) is 36.8 Å². The Balaban J connectivity index is 0.000000383. The predicted octanol–water partition coefficient (Wildman–Crippen LogP) is 3.02. The highest BCUT2D eigenvalue weighted by Crippen LogP contribution is 2.32. The maximum Gasteiger partial charge on any atom is 0.293 e. The largest absolute Gasteiger partial charge is 0.462 e. The highest BCUT2D eigenvalue weighted by atomic mass is 32.2. The first kappa shape index (κ1) is 25.1. The van der Waals surface area contributed by atoms with E-state index in [1.54, 1.807) is 53.2 Å². The zero-order valence-corrected chi connectivity index (χ0v) is 20.8. The van der Waals surface area contributed by atoms with Crippen molar-refractivity contribution in [3.63, 3.8) is 0 Å². The Labute approximate surface area is 198 Å². The van der Waals surface area contributed by atoms with Crippen LogP contribution in [0.2, 0.25) is 0 Å². The Morgan fingerprint density at radius 1 is 1.15 bits per heavy atom. The fourth-order valence-electron chi connectivity index (χ4n) is 3.16. The zero-order valence-electron chi connectivity index (χ0n) is 19.2. The van der Waals surface area contributed by atoms with Crippen molar-refractivity contribution in [1.82, 2.24) is 25.1 Å². The Hall–Kier alpha value is -2.50. The molecule has 178 valence electrons. The number of fused-ring (bicyclic) bond motifs is 1. The lowest BCUT2D eigenvalue weighted by Crippen LogP contribution is -2.29. The van der Waals surface area contributed by atoms with Crippen LogP contribution in [-0.2, 0) is 19.4 Å². The zero-order chi connectivity index (χ0) is 24.1. The summed E-state index contributed by atoms with van der Waals surface area (Å²) in [6.45, 7) is 8.00. The van der Waals surface area contributed by atoms with Crippen LogP contribution in [0.5, 0.6) is 0 Å². The molecule has 9 nitrogen and oxygen atoms in total. The number of carbonyl (C=O) groups excluding carboxylic acids is 1. The summed E-state index contributed by atoms with van der Waals surface area (Å²) < 4.78 is 29.5. The first-order valence-electron chi connectivity index (χ1n) is 10.6. The summed E-state index contributed by atoms with van der Waals surface area (Å²) in [5.41, 5.74) is 1.18. The monoisotopic (exact) mass is 491 g/mol. The van der Waals surface area contributed by atoms with E-state index in [0.717, 1.165) is 47.7 Å². The van der Waals surface area contributed by atoms with Crippen LogP contribution in [0.25, 0.3) is 16.7 Å². The minimum atomic E-state index is -3.22. The highest BCUT2D eigenvalue weighted by molar-refractivity contribution is 8.00. The molecule has 11 heteroatoms. The van der Waals surface area contributed by atoms with Crippen molar-refractivity contribution in [2.75, 3.05) is 19.3 Å². The van der Waals surface area contributed by atoms with E-state index in [9.17, 15) is 13.2 Å². The molecular formula is C22H29N5O4S2. The van der Waals surface area contributed by atoms with E-state index in [-0.39, 0.29) is 10.5 Å². The lowest BCUT2D eigenvalue weighted by molar-refractivity contribution is -0.138. The van der Waals surface area contributed by atoms with Crippen LogP contribution in [0.4, 0.5) is 0 Å². The molecule has 1 aromatic carbocycles. The van der Waals surface area contributed by atoms with Crippen molar-refractivity contribution >= 4 is 39.1 Å². The second kappa shape index (κ2) is 10.6. The second-order valence-electron chi connectivity index (χ2n) is 8.63. The van der Waals surface area contributed by atoms with Gasteiger partial charge in [0.15, 0.2) is 15.5 Å². The lowest BCUT2D eigenvalue weighted by atomic mass is 10.2. The maximum atomic E-state index is 11.6. The minimum Gasteiger partial charge on any atom is -0.462 e. The molecule has 0 amide bonds. The van der Waals surface area contributed by atoms with E-state index in [0.29, 0.717) is 11.7 Å². The molecule has 33 heavy (non-hydrogen) atoms. The average Bonchev–Trinajstić information content (AvgIpc) is 3.19. The highest BCUT2D eigenvalue weighted by Gasteiger charge is 2.18. The number of rotatable bonds is 5. The molecule has 0 saturated carbocycles. The molecule has 1 aliphatic rings. The molecule has 3 aromatic rings. The molecule has 0 bridgehead atoms. The molecule has 0 radical (unpaired) electrons. The van der Waals surface area contributed by atoms with Gasteiger partial charge in [-0.3, -0.25) is 4.79 Å². The Kier molecular flexibility index (Phi) is 8.09. The minimum absolute atomic E-state index is 0.287. The number of nitrogens with one attached hydrogen (secondary N) is 1. The van der Waals surface area contributed by atoms with E-state index in [2.05, 4.69) is 25.1 Å². The van der Waals surface area contributed by atoms with Gasteiger partial charge in [-0.15, -0.1) is 11.8 Å². The summed E-state index contributed by atoms with van der Waals surface area (Å²) in [6, 6.07) is 6.66. The number of hydrogen-bond acceptors (Lipinski definition) is 9. The van der Waals surface area contributed by atoms with Crippen LogP contribution in [0.3, 0.4) is 0 Å². The second-order valence-corrected chi connectivity index (χ2v) is 11.9. The summed E-state index contributed by atoms with van der Waals surface area (Å²) in [5, 5.41) is 10.2. The van der Waals surface area contributed by atoms with Crippen LogP contribution in [0.1, 0.15) is 33.6 Å². The van der Waals surface area contributed by atoms with E-state index < -0.39 is 9.84 Å². The summed E-state index contributed by atoms with van der Waals surface area (Å²) in [7, 11) is -3.22. The van der Waals surface area contributed by atoms with Crippen LogP contribution < -0.4 is 5.32 Å². The first-order chi connectivity index (χ1) is 15.6. The number of ether oxygens (including phenoxy) is 1. The van der Waals surface area contributed by atoms with Gasteiger partial charge in [-0.05, 0) is 71.0 Å². The smallest absolute Gasteiger partial charge is 0.293 e. The quantitative estimate of drug-likeness (QED) is 0.424. The number of nitrogens with zero attached hydrogens (tertiary/aromatic N) is 4. The molecule has 0 unspecified atom stereocenters. The average molecular weight is 492 g/mol. The predicted molar refractivity (Wildman–Crippen MR) is 128 cm³/mol. The molecule has 3 heterocycles. The third-order valence-corrected chi connectivity index (χ3v) is 7.29. The molecule has 1 saturated heterocycles. The molecular weight excluding hydrogens is 462 g/mol. The number of carbonyl (C=O) groups is 1. The molecule has 0 atom stereocenters. The van der Waals surface area contributed by atoms with Crippen molar-refractivity contribution in [1.29, 1.82) is 0 Å². The van der Waals surface area contributed by atoms with Gasteiger partial charge in [0.1, 0.15) is 17.0 Å². The van der Waals surface area contributed by atoms with E-state index in [1.807, 2.05) is 20.8 Å². The van der Waals surface area contributed by atoms with Gasteiger partial charge in [-0.2, -0.15) is 5.10 Å². The van der Waals surface area contributed by atoms with Gasteiger partial charge in [0.2, 0.25) is 0 Å². The number of sulfone groups is 1. The normalized spacial score (nSPS) is 15.0. The van der Waals surface area contributed by atoms with Crippen molar-refractivity contribution in [3.8, 4) is 5.69 Å². The molecule has 4 rings (SSSR count). The molecule has 0 aliphatic carbocycles. The fraction of sp³-hybridized carbons (Fsp3) is 0.455. The SMILES string of the molecule is CC(C)(C)OC=O.CS(=O)(=O)c1ccc(-n2ncc3c(SC4CCNCC4)ncnc32)cc1. The van der Waals surface area contributed by atoms with Crippen LogP contribution in [-0.4, -0.2) is 64.8 Å². The van der Waals surface area contributed by atoms with Gasteiger partial charge in [-0.25, -0.2) is 23.1 Å². The summed E-state index contributed by atoms with van der Waals surface area (Å²) in [4.78, 5) is 18.7. The van der Waals surface area contributed by atoms with E-state index >= 15 is 0 Å². The number of hydrogen-bond donors (Lipinski definition) is 1. The van der Waals surface area contributed by atoms with Crippen molar-refractivity contribution in [2.24, 2.45) is 0 Å². The third-order valence-electron chi connectivity index (χ3n) is 4.80. The van der Waals surface area contributed by atoms with Gasteiger partial charge in [-0.1, -0.05) is 0 Å². The summed E-state index contributed by atoms with van der Waals surface area (Å²) in [6.07, 6.45) is 6.79. The number of piperidine rings is 1. The molecule has 2 aromatic heterocycles. The molecule has 1 fully saturated rings. The number of benzene rings is 1. The standard InChI is InChI=1S/C17H19N5O2S2.C5H10O2/c1-26(23,24)14-4-2-12(3-5-14)22-16-15(10-21-22)17(20-11-19-16)25-13-6-8-18-9-7-13;1-5(2,3)7-4-6/h2-5,10-11,13,18H,6-9H2,1H3;4H,1-3H3. The van der Waals surface area contributed by atoms with Crippen LogP contribution in [0.15, 0.2) is 46.7 Å². The fourth-order valence-corrected chi connectivity index (χ4v) is 4.95. The molecule has 1 N–H and O–H groups in total. The van der Waals surface area contributed by atoms with Crippen molar-refractivity contribution < 1.29 is 17.9 Å². The van der Waals surface area contributed by atoms with Gasteiger partial charge in [0.25, 0.3) is 6.47 Å². The first-order valence-corrected chi connectivity index (χ1v) is 13.3. The number of thioether (sulfide) groups is 1. The van der Waals surface area contributed by atoms with Gasteiger partial charge < -0.3 is 10.1 Å². The van der Waals surface area contributed by atoms with Crippen molar-refractivity contribution in [2.45, 2.75) is 54.4 Å². The summed E-state index contributed by atoms with van der Waals surface area (Å²) >= 11 is 1.78.